The molecule has 1 aliphatic heterocycles. The number of anilines is 4. The third-order valence-electron chi connectivity index (χ3n) is 5.19. The minimum absolute atomic E-state index is 0.227. The largest absolute Gasteiger partial charge is 0.338 e. The Kier molecular flexibility index (Phi) is 7.27. The van der Waals surface area contributed by atoms with Gasteiger partial charge in [0.1, 0.15) is 11.6 Å². The van der Waals surface area contributed by atoms with E-state index in [0.29, 0.717) is 23.3 Å². The molecule has 0 aliphatic carbocycles. The Morgan fingerprint density at radius 2 is 1.79 bits per heavy atom. The van der Waals surface area contributed by atoms with Gasteiger partial charge in [-0.2, -0.15) is 4.98 Å². The standard InChI is InChI=1S/C23H25Cl2N7O/c1-14(2)18-13-20(31-23(29-18)32-10-8-26-9-11-32)30-19-12-15(6-7-27-19)28-22(33)21-16(24)4-3-5-17(21)25/h3-7,12-14,26H,8-11H2,1-2H3,(H2,27,28,29,30,31,33). The summed E-state index contributed by atoms with van der Waals surface area (Å²) >= 11 is 12.3. The molecule has 10 heteroatoms. The van der Waals surface area contributed by atoms with Crippen LogP contribution in [0.25, 0.3) is 0 Å². The van der Waals surface area contributed by atoms with Gasteiger partial charge < -0.3 is 20.9 Å². The molecule has 1 saturated heterocycles. The second-order valence-corrected chi connectivity index (χ2v) is 8.79. The number of hydrogen-bond acceptors (Lipinski definition) is 7. The molecule has 3 aromatic rings. The van der Waals surface area contributed by atoms with Crippen LogP contribution in [0.5, 0.6) is 0 Å². The first-order valence-corrected chi connectivity index (χ1v) is 11.5. The maximum Gasteiger partial charge on any atom is 0.258 e. The number of nitrogens with zero attached hydrogens (tertiary/aromatic N) is 4. The SMILES string of the molecule is CC(C)c1cc(Nc2cc(NC(=O)c3c(Cl)cccc3Cl)ccn2)nc(N2CCNCC2)n1. The fourth-order valence-electron chi connectivity index (χ4n) is 3.44. The number of carbonyl (C=O) groups is 1. The number of pyridine rings is 1. The van der Waals surface area contributed by atoms with Gasteiger partial charge in [-0.15, -0.1) is 0 Å². The van der Waals surface area contributed by atoms with Crippen LogP contribution in [0, 0.1) is 0 Å². The van der Waals surface area contributed by atoms with Crippen LogP contribution < -0.4 is 20.9 Å². The Morgan fingerprint density at radius 1 is 1.06 bits per heavy atom. The van der Waals surface area contributed by atoms with E-state index in [-0.39, 0.29) is 21.5 Å². The second kappa shape index (κ2) is 10.3. The summed E-state index contributed by atoms with van der Waals surface area (Å²) in [5, 5.41) is 9.99. The van der Waals surface area contributed by atoms with E-state index in [2.05, 4.69) is 39.7 Å². The number of benzene rings is 1. The minimum Gasteiger partial charge on any atom is -0.338 e. The van der Waals surface area contributed by atoms with Crippen molar-refractivity contribution in [2.24, 2.45) is 0 Å². The highest BCUT2D eigenvalue weighted by atomic mass is 35.5. The normalized spacial score (nSPS) is 13.8. The molecule has 4 rings (SSSR count). The molecule has 0 atom stereocenters. The van der Waals surface area contributed by atoms with Crippen molar-refractivity contribution >= 4 is 52.4 Å². The summed E-state index contributed by atoms with van der Waals surface area (Å²) in [6.07, 6.45) is 1.61. The van der Waals surface area contributed by atoms with Gasteiger partial charge >= 0.3 is 0 Å². The molecule has 1 aliphatic rings. The lowest BCUT2D eigenvalue weighted by Gasteiger charge is -2.28. The highest BCUT2D eigenvalue weighted by Crippen LogP contribution is 2.26. The van der Waals surface area contributed by atoms with Crippen LogP contribution in [-0.4, -0.2) is 47.0 Å². The van der Waals surface area contributed by atoms with Gasteiger partial charge in [0.25, 0.3) is 5.91 Å². The zero-order valence-corrected chi connectivity index (χ0v) is 19.9. The third kappa shape index (κ3) is 5.71. The third-order valence-corrected chi connectivity index (χ3v) is 5.82. The topological polar surface area (TPSA) is 95.1 Å². The van der Waals surface area contributed by atoms with Gasteiger partial charge in [-0.3, -0.25) is 4.79 Å². The van der Waals surface area contributed by atoms with E-state index in [1.807, 2.05) is 6.07 Å². The van der Waals surface area contributed by atoms with E-state index in [1.54, 1.807) is 36.5 Å². The number of hydrogen-bond donors (Lipinski definition) is 3. The molecule has 0 bridgehead atoms. The molecule has 8 nitrogen and oxygen atoms in total. The molecular weight excluding hydrogens is 461 g/mol. The van der Waals surface area contributed by atoms with Crippen molar-refractivity contribution < 1.29 is 4.79 Å². The first-order chi connectivity index (χ1) is 15.9. The van der Waals surface area contributed by atoms with Crippen molar-refractivity contribution in [1.29, 1.82) is 0 Å². The number of halogens is 2. The summed E-state index contributed by atoms with van der Waals surface area (Å²) in [7, 11) is 0. The summed E-state index contributed by atoms with van der Waals surface area (Å²) < 4.78 is 0. The Hall–Kier alpha value is -2.94. The Balaban J connectivity index is 1.55. The first kappa shape index (κ1) is 23.2. The zero-order valence-electron chi connectivity index (χ0n) is 18.4. The monoisotopic (exact) mass is 485 g/mol. The number of carbonyl (C=O) groups excluding carboxylic acids is 1. The quantitative estimate of drug-likeness (QED) is 0.465. The lowest BCUT2D eigenvalue weighted by Crippen LogP contribution is -2.44. The molecule has 0 unspecified atom stereocenters. The molecule has 0 radical (unpaired) electrons. The van der Waals surface area contributed by atoms with Crippen LogP contribution in [0.15, 0.2) is 42.6 Å². The maximum absolute atomic E-state index is 12.7. The molecule has 0 saturated carbocycles. The van der Waals surface area contributed by atoms with Gasteiger partial charge in [-0.25, -0.2) is 9.97 Å². The molecule has 1 fully saturated rings. The Bertz CT molecular complexity index is 1130. The minimum atomic E-state index is -0.395. The van der Waals surface area contributed by atoms with Gasteiger partial charge in [0.2, 0.25) is 5.95 Å². The van der Waals surface area contributed by atoms with Crippen LogP contribution in [0.2, 0.25) is 10.0 Å². The number of piperazine rings is 1. The van der Waals surface area contributed by atoms with Crippen molar-refractivity contribution in [3.8, 4) is 0 Å². The highest BCUT2D eigenvalue weighted by molar-refractivity contribution is 6.40. The molecule has 3 heterocycles. The van der Waals surface area contributed by atoms with Crippen molar-refractivity contribution in [3.05, 3.63) is 63.9 Å². The summed E-state index contributed by atoms with van der Waals surface area (Å²) in [5.74, 6) is 1.73. The average Bonchev–Trinajstić information content (AvgIpc) is 2.79. The lowest BCUT2D eigenvalue weighted by molar-refractivity contribution is 0.102. The number of nitrogens with one attached hydrogen (secondary N) is 3. The van der Waals surface area contributed by atoms with Gasteiger partial charge in [0.05, 0.1) is 21.3 Å². The molecule has 172 valence electrons. The van der Waals surface area contributed by atoms with Crippen LogP contribution in [0.1, 0.15) is 35.8 Å². The fraction of sp³-hybridized carbons (Fsp3) is 0.304. The van der Waals surface area contributed by atoms with E-state index in [0.717, 1.165) is 31.9 Å². The predicted octanol–water partition coefficient (Wildman–Crippen LogP) is 4.71. The van der Waals surface area contributed by atoms with Gasteiger partial charge in [-0.1, -0.05) is 43.1 Å². The van der Waals surface area contributed by atoms with Crippen LogP contribution in [-0.2, 0) is 0 Å². The van der Waals surface area contributed by atoms with E-state index in [1.165, 1.54) is 0 Å². The summed E-state index contributed by atoms with van der Waals surface area (Å²) in [6, 6.07) is 10.3. The van der Waals surface area contributed by atoms with E-state index < -0.39 is 5.91 Å². The Morgan fingerprint density at radius 3 is 2.48 bits per heavy atom. The van der Waals surface area contributed by atoms with Crippen molar-refractivity contribution in [1.82, 2.24) is 20.3 Å². The number of amides is 1. The summed E-state index contributed by atoms with van der Waals surface area (Å²) in [4.78, 5) is 28.7. The zero-order chi connectivity index (χ0) is 23.4. The molecule has 1 amide bonds. The van der Waals surface area contributed by atoms with E-state index >= 15 is 0 Å². The highest BCUT2D eigenvalue weighted by Gasteiger charge is 2.17. The summed E-state index contributed by atoms with van der Waals surface area (Å²) in [6.45, 7) is 7.70. The van der Waals surface area contributed by atoms with Crippen LogP contribution in [0.3, 0.4) is 0 Å². The van der Waals surface area contributed by atoms with Crippen molar-refractivity contribution in [3.63, 3.8) is 0 Å². The van der Waals surface area contributed by atoms with Gasteiger partial charge in [-0.05, 0) is 24.1 Å². The van der Waals surface area contributed by atoms with Gasteiger partial charge in [0.15, 0.2) is 0 Å². The van der Waals surface area contributed by atoms with Crippen LogP contribution >= 0.6 is 23.2 Å². The molecule has 3 N–H and O–H groups in total. The number of rotatable bonds is 6. The molecule has 33 heavy (non-hydrogen) atoms. The molecule has 0 spiro atoms. The van der Waals surface area contributed by atoms with E-state index in [4.69, 9.17) is 33.2 Å². The first-order valence-electron chi connectivity index (χ1n) is 10.7. The smallest absolute Gasteiger partial charge is 0.258 e. The molecule has 1 aromatic carbocycles. The van der Waals surface area contributed by atoms with Crippen molar-refractivity contribution in [2.45, 2.75) is 19.8 Å². The van der Waals surface area contributed by atoms with Crippen molar-refractivity contribution in [2.75, 3.05) is 41.7 Å². The Labute approximate surface area is 202 Å². The van der Waals surface area contributed by atoms with Crippen LogP contribution in [0.4, 0.5) is 23.3 Å². The number of aromatic nitrogens is 3. The maximum atomic E-state index is 12.7. The second-order valence-electron chi connectivity index (χ2n) is 7.98. The van der Waals surface area contributed by atoms with E-state index in [9.17, 15) is 4.79 Å². The average molecular weight is 486 g/mol. The van der Waals surface area contributed by atoms with Gasteiger partial charge in [0, 0.05) is 50.2 Å². The predicted molar refractivity (Wildman–Crippen MR) is 133 cm³/mol. The molecule has 2 aromatic heterocycles. The lowest BCUT2D eigenvalue weighted by atomic mass is 10.1. The fourth-order valence-corrected chi connectivity index (χ4v) is 4.00. The summed E-state index contributed by atoms with van der Waals surface area (Å²) in [5.41, 5.74) is 1.72. The molecular formula is C23H25Cl2N7O.